The molecule has 0 bridgehead atoms. The molecule has 3 aromatic carbocycles. The molecule has 0 aliphatic heterocycles. The zero-order valence-electron chi connectivity index (χ0n) is 15.0. The lowest BCUT2D eigenvalue weighted by Crippen LogP contribution is -2.34. The monoisotopic (exact) mass is 374 g/mol. The van der Waals surface area contributed by atoms with Gasteiger partial charge in [0.25, 0.3) is 0 Å². The quantitative estimate of drug-likeness (QED) is 0.469. The van der Waals surface area contributed by atoms with Crippen molar-refractivity contribution < 1.29 is 9.18 Å². The minimum Gasteiger partial charge on any atom is -0.340 e. The number of aromatic nitrogens is 2. The van der Waals surface area contributed by atoms with E-state index in [1.165, 1.54) is 24.3 Å². The standard InChI is InChI=1S/C22H19FN4O/c23-16-10-12-17(13-11-16)24-22(28)27-20(14-15-6-2-1-3-7-15)21-25-18-8-4-5-9-19(18)26-21/h1-13,20H,14H2,(H,25,26)(H2,24,27,28). The molecule has 1 heterocycles. The highest BCUT2D eigenvalue weighted by Gasteiger charge is 2.19. The van der Waals surface area contributed by atoms with E-state index in [4.69, 9.17) is 0 Å². The number of imidazole rings is 1. The number of halogens is 1. The molecule has 1 atom stereocenters. The van der Waals surface area contributed by atoms with E-state index in [-0.39, 0.29) is 17.9 Å². The van der Waals surface area contributed by atoms with Gasteiger partial charge < -0.3 is 15.6 Å². The summed E-state index contributed by atoms with van der Waals surface area (Å²) in [5.74, 6) is 0.328. The Morgan fingerprint density at radius 3 is 2.43 bits per heavy atom. The van der Waals surface area contributed by atoms with Gasteiger partial charge in [0.1, 0.15) is 11.6 Å². The third kappa shape index (κ3) is 4.17. The summed E-state index contributed by atoms with van der Waals surface area (Å²) in [7, 11) is 0. The number of carbonyl (C=O) groups is 1. The zero-order valence-corrected chi connectivity index (χ0v) is 15.0. The molecule has 1 aromatic heterocycles. The summed E-state index contributed by atoms with van der Waals surface area (Å²) < 4.78 is 13.1. The van der Waals surface area contributed by atoms with Crippen LogP contribution < -0.4 is 10.6 Å². The molecule has 28 heavy (non-hydrogen) atoms. The molecule has 3 N–H and O–H groups in total. The molecule has 4 aromatic rings. The molecule has 6 heteroatoms. The minimum absolute atomic E-state index is 0.352. The summed E-state index contributed by atoms with van der Waals surface area (Å²) in [6.45, 7) is 0. The number of nitrogens with one attached hydrogen (secondary N) is 3. The number of carbonyl (C=O) groups excluding carboxylic acids is 1. The zero-order chi connectivity index (χ0) is 19.3. The van der Waals surface area contributed by atoms with Crippen LogP contribution in [0.1, 0.15) is 17.4 Å². The van der Waals surface area contributed by atoms with Gasteiger partial charge in [0.15, 0.2) is 0 Å². The molecular formula is C22H19FN4O. The molecule has 0 saturated heterocycles. The predicted molar refractivity (Wildman–Crippen MR) is 108 cm³/mol. The van der Waals surface area contributed by atoms with Gasteiger partial charge >= 0.3 is 6.03 Å². The van der Waals surface area contributed by atoms with E-state index < -0.39 is 0 Å². The van der Waals surface area contributed by atoms with Gasteiger partial charge in [-0.25, -0.2) is 14.2 Å². The second-order valence-electron chi connectivity index (χ2n) is 6.49. The number of H-pyrrole nitrogens is 1. The van der Waals surface area contributed by atoms with Crippen molar-refractivity contribution in [3.8, 4) is 0 Å². The van der Waals surface area contributed by atoms with Gasteiger partial charge in [-0.15, -0.1) is 0 Å². The van der Waals surface area contributed by atoms with Crippen LogP contribution in [-0.2, 0) is 6.42 Å². The normalized spacial score (nSPS) is 11.9. The average molecular weight is 374 g/mol. The SMILES string of the molecule is O=C(Nc1ccc(F)cc1)NC(Cc1ccccc1)c1nc2ccccc2[nH]1. The van der Waals surface area contributed by atoms with Crippen molar-refractivity contribution in [2.45, 2.75) is 12.5 Å². The first-order valence-electron chi connectivity index (χ1n) is 8.99. The maximum atomic E-state index is 13.1. The number of rotatable bonds is 5. The number of para-hydroxylation sites is 2. The average Bonchev–Trinajstić information content (AvgIpc) is 3.14. The van der Waals surface area contributed by atoms with Gasteiger partial charge in [-0.05, 0) is 48.4 Å². The van der Waals surface area contributed by atoms with Crippen LogP contribution in [0.2, 0.25) is 0 Å². The molecule has 5 nitrogen and oxygen atoms in total. The van der Waals surface area contributed by atoms with Crippen LogP contribution in [0.15, 0.2) is 78.9 Å². The number of hydrogen-bond donors (Lipinski definition) is 3. The second-order valence-corrected chi connectivity index (χ2v) is 6.49. The Labute approximate surface area is 161 Å². The third-order valence-electron chi connectivity index (χ3n) is 4.43. The third-order valence-corrected chi connectivity index (χ3v) is 4.43. The summed E-state index contributed by atoms with van der Waals surface area (Å²) in [5.41, 5.74) is 3.35. The molecule has 0 aliphatic rings. The summed E-state index contributed by atoms with van der Waals surface area (Å²) >= 11 is 0. The van der Waals surface area contributed by atoms with E-state index in [1.807, 2.05) is 54.6 Å². The summed E-state index contributed by atoms with van der Waals surface area (Å²) in [4.78, 5) is 20.5. The molecule has 2 amide bonds. The van der Waals surface area contributed by atoms with Crippen LogP contribution in [0.5, 0.6) is 0 Å². The number of aromatic amines is 1. The topological polar surface area (TPSA) is 69.8 Å². The van der Waals surface area contributed by atoms with Crippen LogP contribution >= 0.6 is 0 Å². The fourth-order valence-corrected chi connectivity index (χ4v) is 3.06. The molecule has 0 fully saturated rings. The van der Waals surface area contributed by atoms with Crippen molar-refractivity contribution in [2.75, 3.05) is 5.32 Å². The summed E-state index contributed by atoms with van der Waals surface area (Å²) in [6, 6.07) is 22.5. The number of fused-ring (bicyclic) bond motifs is 1. The van der Waals surface area contributed by atoms with Crippen molar-refractivity contribution in [1.82, 2.24) is 15.3 Å². The van der Waals surface area contributed by atoms with Crippen molar-refractivity contribution in [3.05, 3.63) is 96.1 Å². The molecule has 0 saturated carbocycles. The fraction of sp³-hybridized carbons (Fsp3) is 0.0909. The second kappa shape index (κ2) is 7.92. The van der Waals surface area contributed by atoms with Gasteiger partial charge in [0, 0.05) is 5.69 Å². The van der Waals surface area contributed by atoms with E-state index >= 15 is 0 Å². The first-order valence-corrected chi connectivity index (χ1v) is 8.99. The van der Waals surface area contributed by atoms with Crippen LogP contribution in [0.3, 0.4) is 0 Å². The Morgan fingerprint density at radius 2 is 1.68 bits per heavy atom. The number of amides is 2. The molecular weight excluding hydrogens is 355 g/mol. The van der Waals surface area contributed by atoms with Crippen LogP contribution in [-0.4, -0.2) is 16.0 Å². The van der Waals surface area contributed by atoms with E-state index in [1.54, 1.807) is 0 Å². The molecule has 0 radical (unpaired) electrons. The first kappa shape index (κ1) is 17.7. The molecule has 0 spiro atoms. The lowest BCUT2D eigenvalue weighted by Gasteiger charge is -2.17. The van der Waals surface area contributed by atoms with E-state index in [0.717, 1.165) is 16.6 Å². The van der Waals surface area contributed by atoms with Crippen molar-refractivity contribution >= 4 is 22.8 Å². The van der Waals surface area contributed by atoms with Gasteiger partial charge in [-0.3, -0.25) is 0 Å². The predicted octanol–water partition coefficient (Wildman–Crippen LogP) is 4.81. The van der Waals surface area contributed by atoms with E-state index in [2.05, 4.69) is 20.6 Å². The van der Waals surface area contributed by atoms with Crippen LogP contribution in [0, 0.1) is 5.82 Å². The smallest absolute Gasteiger partial charge is 0.319 e. The van der Waals surface area contributed by atoms with Gasteiger partial charge in [-0.1, -0.05) is 42.5 Å². The first-order chi connectivity index (χ1) is 13.7. The van der Waals surface area contributed by atoms with Crippen molar-refractivity contribution in [3.63, 3.8) is 0 Å². The Bertz CT molecular complexity index is 1040. The minimum atomic E-state index is -0.381. The molecule has 4 rings (SSSR count). The number of benzene rings is 3. The number of hydrogen-bond acceptors (Lipinski definition) is 2. The Kier molecular flexibility index (Phi) is 5.01. The highest BCUT2D eigenvalue weighted by atomic mass is 19.1. The number of nitrogens with zero attached hydrogens (tertiary/aromatic N) is 1. The molecule has 140 valence electrons. The Balaban J connectivity index is 1.56. The fourth-order valence-electron chi connectivity index (χ4n) is 3.06. The summed E-state index contributed by atoms with van der Waals surface area (Å²) in [6.07, 6.45) is 0.581. The largest absolute Gasteiger partial charge is 0.340 e. The summed E-state index contributed by atoms with van der Waals surface area (Å²) in [5, 5.41) is 5.70. The lowest BCUT2D eigenvalue weighted by molar-refractivity contribution is 0.248. The Morgan fingerprint density at radius 1 is 0.964 bits per heavy atom. The van der Waals surface area contributed by atoms with Crippen molar-refractivity contribution in [1.29, 1.82) is 0 Å². The van der Waals surface area contributed by atoms with Gasteiger partial charge in [0.05, 0.1) is 17.1 Å². The van der Waals surface area contributed by atoms with Crippen LogP contribution in [0.25, 0.3) is 11.0 Å². The highest BCUT2D eigenvalue weighted by molar-refractivity contribution is 5.89. The maximum absolute atomic E-state index is 13.1. The molecule has 0 aliphatic carbocycles. The van der Waals surface area contributed by atoms with Crippen LogP contribution in [0.4, 0.5) is 14.9 Å². The van der Waals surface area contributed by atoms with Gasteiger partial charge in [-0.2, -0.15) is 0 Å². The van der Waals surface area contributed by atoms with E-state index in [0.29, 0.717) is 17.9 Å². The van der Waals surface area contributed by atoms with Crippen molar-refractivity contribution in [2.24, 2.45) is 0 Å². The Hall–Kier alpha value is -3.67. The molecule has 1 unspecified atom stereocenters. The highest BCUT2D eigenvalue weighted by Crippen LogP contribution is 2.20. The lowest BCUT2D eigenvalue weighted by atomic mass is 10.1. The number of anilines is 1. The van der Waals surface area contributed by atoms with Gasteiger partial charge in [0.2, 0.25) is 0 Å². The maximum Gasteiger partial charge on any atom is 0.319 e. The number of urea groups is 1. The van der Waals surface area contributed by atoms with E-state index in [9.17, 15) is 9.18 Å².